The van der Waals surface area contributed by atoms with Gasteiger partial charge in [0.2, 0.25) is 0 Å². The zero-order chi connectivity index (χ0) is 6.69. The summed E-state index contributed by atoms with van der Waals surface area (Å²) < 4.78 is 0. The molecule has 1 aromatic rings. The minimum absolute atomic E-state index is 0. The zero-order valence-electron chi connectivity index (χ0n) is 5.73. The van der Waals surface area contributed by atoms with E-state index in [1.807, 2.05) is 0 Å². The lowest BCUT2D eigenvalue weighted by Gasteiger charge is -2.01. The zero-order valence-corrected chi connectivity index (χ0v) is 7.36. The smallest absolute Gasteiger partial charge is 0.0699 e. The summed E-state index contributed by atoms with van der Waals surface area (Å²) in [5.41, 5.74) is 6.18. The van der Waals surface area contributed by atoms with Gasteiger partial charge in [-0.1, -0.05) is 0 Å². The van der Waals surface area contributed by atoms with Crippen LogP contribution in [0.15, 0.2) is 12.3 Å². The first-order chi connectivity index (χ1) is 4.34. The van der Waals surface area contributed by atoms with Gasteiger partial charge in [-0.2, -0.15) is 5.10 Å². The van der Waals surface area contributed by atoms with Crippen LogP contribution in [0.2, 0.25) is 0 Å². The van der Waals surface area contributed by atoms with Gasteiger partial charge in [0.25, 0.3) is 0 Å². The van der Waals surface area contributed by atoms with Gasteiger partial charge in [0.05, 0.1) is 18.3 Å². The van der Waals surface area contributed by atoms with Crippen molar-refractivity contribution < 1.29 is 5.11 Å². The summed E-state index contributed by atoms with van der Waals surface area (Å²) in [4.78, 5) is 0. The highest BCUT2D eigenvalue weighted by Gasteiger charge is 2.02. The molecule has 1 rings (SSSR count). The van der Waals surface area contributed by atoms with Gasteiger partial charge in [0.1, 0.15) is 0 Å². The van der Waals surface area contributed by atoms with Crippen molar-refractivity contribution in [2.45, 2.75) is 6.04 Å². The summed E-state index contributed by atoms with van der Waals surface area (Å²) in [6.45, 7) is -0.0534. The van der Waals surface area contributed by atoms with Gasteiger partial charge < -0.3 is 10.8 Å². The number of hydrogen-bond donors (Lipinski definition) is 3. The maximum absolute atomic E-state index is 8.53. The van der Waals surface area contributed by atoms with Crippen molar-refractivity contribution in [3.8, 4) is 0 Å². The van der Waals surface area contributed by atoms with Crippen LogP contribution in [0.3, 0.4) is 0 Å². The molecule has 0 aliphatic carbocycles. The molecule has 6 heteroatoms. The highest BCUT2D eigenvalue weighted by molar-refractivity contribution is 5.85. The largest absolute Gasteiger partial charge is 0.394 e. The van der Waals surface area contributed by atoms with Crippen molar-refractivity contribution >= 4 is 24.8 Å². The number of halogens is 2. The third-order valence-electron chi connectivity index (χ3n) is 1.12. The van der Waals surface area contributed by atoms with Gasteiger partial charge >= 0.3 is 0 Å². The maximum atomic E-state index is 8.53. The van der Waals surface area contributed by atoms with Crippen molar-refractivity contribution in [3.05, 3.63) is 18.0 Å². The summed E-state index contributed by atoms with van der Waals surface area (Å²) in [6, 6.07) is 1.41. The van der Waals surface area contributed by atoms with Gasteiger partial charge in [0, 0.05) is 6.20 Å². The predicted molar refractivity (Wildman–Crippen MR) is 47.1 cm³/mol. The molecule has 0 amide bonds. The standard InChI is InChI=1S/C5H9N3O.2ClH/c6-4(3-9)5-1-2-7-8-5;;/h1-2,4,9H,3,6H2,(H,7,8);2*1H/t4-;;/m0../s1. The number of aliphatic hydroxyl groups is 1. The molecule has 0 fully saturated rings. The lowest BCUT2D eigenvalue weighted by Crippen LogP contribution is -2.14. The number of nitrogens with one attached hydrogen (secondary N) is 1. The van der Waals surface area contributed by atoms with Crippen molar-refractivity contribution in [2.75, 3.05) is 6.61 Å². The molecule has 11 heavy (non-hydrogen) atoms. The molecule has 0 unspecified atom stereocenters. The summed E-state index contributed by atoms with van der Waals surface area (Å²) in [5, 5.41) is 14.9. The quantitative estimate of drug-likeness (QED) is 0.640. The van der Waals surface area contributed by atoms with Crippen LogP contribution >= 0.6 is 24.8 Å². The Balaban J connectivity index is 0. The van der Waals surface area contributed by atoms with E-state index in [0.717, 1.165) is 5.69 Å². The molecule has 0 spiro atoms. The fourth-order valence-corrected chi connectivity index (χ4v) is 0.571. The van der Waals surface area contributed by atoms with Gasteiger partial charge in [-0.15, -0.1) is 24.8 Å². The molecule has 4 nitrogen and oxygen atoms in total. The maximum Gasteiger partial charge on any atom is 0.0699 e. The number of H-pyrrole nitrogens is 1. The molecule has 1 atom stereocenters. The Bertz CT molecular complexity index is 168. The van der Waals surface area contributed by atoms with Crippen molar-refractivity contribution in [3.63, 3.8) is 0 Å². The fraction of sp³-hybridized carbons (Fsp3) is 0.400. The average Bonchev–Trinajstić information content (AvgIpc) is 2.37. The van der Waals surface area contributed by atoms with Gasteiger partial charge in [0.15, 0.2) is 0 Å². The first-order valence-electron chi connectivity index (χ1n) is 2.70. The Morgan fingerprint density at radius 1 is 1.64 bits per heavy atom. The highest BCUT2D eigenvalue weighted by Crippen LogP contribution is 2.02. The Morgan fingerprint density at radius 2 is 2.27 bits per heavy atom. The SMILES string of the molecule is Cl.Cl.N[C@@H](CO)c1ccn[nH]1. The van der Waals surface area contributed by atoms with E-state index in [0.29, 0.717) is 0 Å². The molecule has 0 radical (unpaired) electrons. The first kappa shape index (κ1) is 13.3. The van der Waals surface area contributed by atoms with Crippen LogP contribution in [0.4, 0.5) is 0 Å². The predicted octanol–water partition coefficient (Wildman–Crippen LogP) is 0.245. The van der Waals surface area contributed by atoms with Crippen LogP contribution in [-0.4, -0.2) is 21.9 Å². The summed E-state index contributed by atoms with van der Waals surface area (Å²) in [7, 11) is 0. The third-order valence-corrected chi connectivity index (χ3v) is 1.12. The molecule has 0 aromatic carbocycles. The second-order valence-corrected chi connectivity index (χ2v) is 1.80. The van der Waals surface area contributed by atoms with Crippen LogP contribution in [0, 0.1) is 0 Å². The molecule has 0 aliphatic rings. The first-order valence-corrected chi connectivity index (χ1v) is 2.70. The Hall–Kier alpha value is -0.290. The Labute approximate surface area is 77.0 Å². The van der Waals surface area contributed by atoms with E-state index in [-0.39, 0.29) is 37.5 Å². The van der Waals surface area contributed by atoms with Gasteiger partial charge in [-0.25, -0.2) is 0 Å². The Kier molecular flexibility index (Phi) is 7.77. The second-order valence-electron chi connectivity index (χ2n) is 1.80. The van der Waals surface area contributed by atoms with Crippen LogP contribution in [0.1, 0.15) is 11.7 Å². The third kappa shape index (κ3) is 3.57. The van der Waals surface area contributed by atoms with Gasteiger partial charge in [-0.3, -0.25) is 5.10 Å². The molecule has 1 aromatic heterocycles. The van der Waals surface area contributed by atoms with E-state index in [4.69, 9.17) is 10.8 Å². The minimum atomic E-state index is -0.326. The number of aromatic amines is 1. The molecule has 66 valence electrons. The van der Waals surface area contributed by atoms with E-state index >= 15 is 0 Å². The molecule has 0 bridgehead atoms. The number of aliphatic hydroxyl groups excluding tert-OH is 1. The fourth-order valence-electron chi connectivity index (χ4n) is 0.571. The number of hydrogen-bond acceptors (Lipinski definition) is 3. The number of aromatic nitrogens is 2. The van der Waals surface area contributed by atoms with E-state index in [1.165, 1.54) is 0 Å². The minimum Gasteiger partial charge on any atom is -0.394 e. The molecular formula is C5H11Cl2N3O. The molecule has 1 heterocycles. The number of rotatable bonds is 2. The monoisotopic (exact) mass is 199 g/mol. The van der Waals surface area contributed by atoms with E-state index in [9.17, 15) is 0 Å². The summed E-state index contributed by atoms with van der Waals surface area (Å²) >= 11 is 0. The van der Waals surface area contributed by atoms with Crippen LogP contribution in [0.25, 0.3) is 0 Å². The van der Waals surface area contributed by atoms with Crippen molar-refractivity contribution in [2.24, 2.45) is 5.73 Å². The average molecular weight is 200 g/mol. The molecule has 0 aliphatic heterocycles. The topological polar surface area (TPSA) is 74.9 Å². The lowest BCUT2D eigenvalue weighted by molar-refractivity contribution is 0.266. The molecule has 0 saturated carbocycles. The highest BCUT2D eigenvalue weighted by atomic mass is 35.5. The molecule has 0 saturated heterocycles. The van der Waals surface area contributed by atoms with Crippen LogP contribution in [-0.2, 0) is 0 Å². The second kappa shape index (κ2) is 6.42. The van der Waals surface area contributed by atoms with Gasteiger partial charge in [-0.05, 0) is 6.07 Å². The van der Waals surface area contributed by atoms with E-state index in [2.05, 4.69) is 10.2 Å². The summed E-state index contributed by atoms with van der Waals surface area (Å²) in [5.74, 6) is 0. The van der Waals surface area contributed by atoms with E-state index in [1.54, 1.807) is 12.3 Å². The summed E-state index contributed by atoms with van der Waals surface area (Å²) in [6.07, 6.45) is 1.60. The van der Waals surface area contributed by atoms with Crippen molar-refractivity contribution in [1.29, 1.82) is 0 Å². The van der Waals surface area contributed by atoms with E-state index < -0.39 is 0 Å². The number of nitrogens with zero attached hydrogens (tertiary/aromatic N) is 1. The van der Waals surface area contributed by atoms with Crippen molar-refractivity contribution in [1.82, 2.24) is 10.2 Å². The molecule has 4 N–H and O–H groups in total. The normalized spacial score (nSPS) is 11.1. The van der Waals surface area contributed by atoms with Crippen LogP contribution < -0.4 is 5.73 Å². The number of nitrogens with two attached hydrogens (primary N) is 1. The molecular weight excluding hydrogens is 189 g/mol. The van der Waals surface area contributed by atoms with Crippen LogP contribution in [0.5, 0.6) is 0 Å². The lowest BCUT2D eigenvalue weighted by atomic mass is 10.2. The Morgan fingerprint density at radius 3 is 2.64 bits per heavy atom.